The number of hydrogen-bond acceptors (Lipinski definition) is 4. The molecule has 0 aliphatic carbocycles. The van der Waals surface area contributed by atoms with E-state index in [0.717, 1.165) is 33.0 Å². The summed E-state index contributed by atoms with van der Waals surface area (Å²) in [6.45, 7) is 0.523. The highest BCUT2D eigenvalue weighted by molar-refractivity contribution is 7.13. The summed E-state index contributed by atoms with van der Waals surface area (Å²) in [6.07, 6.45) is 3.69. The van der Waals surface area contributed by atoms with Gasteiger partial charge < -0.3 is 14.4 Å². The van der Waals surface area contributed by atoms with Crippen molar-refractivity contribution < 1.29 is 9.84 Å². The summed E-state index contributed by atoms with van der Waals surface area (Å²) >= 11 is 8.04. The molecule has 0 bridgehead atoms. The minimum Gasteiger partial charge on any atom is -0.494 e. The molecule has 6 heteroatoms. The highest BCUT2D eigenvalue weighted by Gasteiger charge is 2.15. The van der Waals surface area contributed by atoms with E-state index >= 15 is 0 Å². The number of nitrogens with zero attached hydrogens (tertiary/aromatic N) is 2. The molecule has 0 atom stereocenters. The lowest BCUT2D eigenvalue weighted by Gasteiger charge is -2.08. The van der Waals surface area contributed by atoms with Crippen LogP contribution in [0.2, 0.25) is 5.02 Å². The summed E-state index contributed by atoms with van der Waals surface area (Å²) in [4.78, 5) is 4.35. The Balaban J connectivity index is 1.41. The third kappa shape index (κ3) is 3.65. The first-order chi connectivity index (χ1) is 14.7. The smallest absolute Gasteiger partial charge is 0.200 e. The van der Waals surface area contributed by atoms with Gasteiger partial charge in [0.05, 0.1) is 17.0 Å². The Hall–Kier alpha value is -3.28. The molecule has 0 unspecified atom stereocenters. The molecule has 0 amide bonds. The van der Waals surface area contributed by atoms with E-state index in [1.54, 1.807) is 22.1 Å². The second-order valence-electron chi connectivity index (χ2n) is 6.90. The SMILES string of the molecule is Oc1c2c(Cl)cc(-c3nccs3)cc2cn1Cc1ccc(Oc2ccccc2)cc1. The lowest BCUT2D eigenvalue weighted by Crippen LogP contribution is -1.97. The number of rotatable bonds is 5. The third-order valence-corrected chi connectivity index (χ3v) is 5.97. The van der Waals surface area contributed by atoms with Gasteiger partial charge in [-0.15, -0.1) is 11.3 Å². The number of benzene rings is 3. The second kappa shape index (κ2) is 7.86. The molecular weight excluding hydrogens is 416 g/mol. The van der Waals surface area contributed by atoms with Crippen molar-refractivity contribution in [2.24, 2.45) is 0 Å². The second-order valence-corrected chi connectivity index (χ2v) is 8.20. The highest BCUT2D eigenvalue weighted by Crippen LogP contribution is 2.38. The Morgan fingerprint density at radius 2 is 1.77 bits per heavy atom. The van der Waals surface area contributed by atoms with E-state index in [1.807, 2.05) is 78.3 Å². The normalized spacial score (nSPS) is 11.1. The molecular formula is C24H17ClN2O2S. The molecule has 148 valence electrons. The predicted octanol–water partition coefficient (Wildman–Crippen LogP) is 6.96. The molecule has 3 aromatic carbocycles. The fourth-order valence-electron chi connectivity index (χ4n) is 3.43. The summed E-state index contributed by atoms with van der Waals surface area (Å²) in [7, 11) is 0. The highest BCUT2D eigenvalue weighted by atomic mass is 35.5. The van der Waals surface area contributed by atoms with Gasteiger partial charge in [0.15, 0.2) is 0 Å². The van der Waals surface area contributed by atoms with Crippen LogP contribution in [0.4, 0.5) is 0 Å². The van der Waals surface area contributed by atoms with Crippen molar-refractivity contribution in [2.45, 2.75) is 6.54 Å². The third-order valence-electron chi connectivity index (χ3n) is 4.85. The molecule has 0 aliphatic heterocycles. The van der Waals surface area contributed by atoms with Crippen LogP contribution in [0, 0.1) is 0 Å². The average Bonchev–Trinajstić information content (AvgIpc) is 3.39. The van der Waals surface area contributed by atoms with Gasteiger partial charge in [-0.3, -0.25) is 0 Å². The number of aromatic nitrogens is 2. The van der Waals surface area contributed by atoms with Crippen LogP contribution in [0.5, 0.6) is 17.4 Å². The van der Waals surface area contributed by atoms with Crippen molar-refractivity contribution in [1.29, 1.82) is 0 Å². The zero-order chi connectivity index (χ0) is 20.5. The first-order valence-electron chi connectivity index (χ1n) is 9.40. The van der Waals surface area contributed by atoms with Gasteiger partial charge in [-0.05, 0) is 42.0 Å². The maximum atomic E-state index is 10.7. The molecule has 1 N–H and O–H groups in total. The minimum atomic E-state index is 0.158. The van der Waals surface area contributed by atoms with Gasteiger partial charge >= 0.3 is 0 Å². The van der Waals surface area contributed by atoms with E-state index in [9.17, 15) is 5.11 Å². The van der Waals surface area contributed by atoms with Crippen LogP contribution in [0.25, 0.3) is 21.3 Å². The Morgan fingerprint density at radius 1 is 1.00 bits per heavy atom. The number of aromatic hydroxyl groups is 1. The van der Waals surface area contributed by atoms with E-state index in [0.29, 0.717) is 17.0 Å². The number of fused-ring (bicyclic) bond motifs is 1. The van der Waals surface area contributed by atoms with Crippen molar-refractivity contribution >= 4 is 33.7 Å². The van der Waals surface area contributed by atoms with Gasteiger partial charge in [0, 0.05) is 28.7 Å². The molecule has 5 rings (SSSR count). The topological polar surface area (TPSA) is 47.3 Å². The quantitative estimate of drug-likeness (QED) is 0.326. The molecule has 4 nitrogen and oxygen atoms in total. The van der Waals surface area contributed by atoms with Crippen LogP contribution in [-0.4, -0.2) is 14.7 Å². The molecule has 2 aromatic heterocycles. The van der Waals surface area contributed by atoms with Crippen molar-refractivity contribution in [1.82, 2.24) is 9.55 Å². The lowest BCUT2D eigenvalue weighted by atomic mass is 10.1. The summed E-state index contributed by atoms with van der Waals surface area (Å²) in [5.41, 5.74) is 1.99. The van der Waals surface area contributed by atoms with Crippen molar-refractivity contribution in [3.8, 4) is 28.0 Å². The van der Waals surface area contributed by atoms with Crippen LogP contribution < -0.4 is 4.74 Å². The molecule has 0 fully saturated rings. The number of hydrogen-bond donors (Lipinski definition) is 1. The summed E-state index contributed by atoms with van der Waals surface area (Å²) in [6, 6.07) is 21.4. The number of halogens is 1. The molecule has 0 saturated heterocycles. The molecule has 0 aliphatic rings. The van der Waals surface area contributed by atoms with Crippen LogP contribution in [0.3, 0.4) is 0 Å². The van der Waals surface area contributed by atoms with Crippen LogP contribution in [0.1, 0.15) is 5.56 Å². The van der Waals surface area contributed by atoms with Gasteiger partial charge in [-0.25, -0.2) is 4.98 Å². The average molecular weight is 433 g/mol. The molecule has 0 spiro atoms. The zero-order valence-corrected chi connectivity index (χ0v) is 17.4. The van der Waals surface area contributed by atoms with Crippen molar-refractivity contribution in [3.05, 3.63) is 95.1 Å². The first kappa shape index (κ1) is 18.7. The van der Waals surface area contributed by atoms with E-state index in [-0.39, 0.29) is 5.88 Å². The van der Waals surface area contributed by atoms with Crippen LogP contribution in [-0.2, 0) is 6.54 Å². The van der Waals surface area contributed by atoms with Gasteiger partial charge in [0.25, 0.3) is 0 Å². The van der Waals surface area contributed by atoms with Gasteiger partial charge in [-0.1, -0.05) is 41.9 Å². The number of para-hydroxylation sites is 1. The molecule has 0 saturated carbocycles. The molecule has 5 aromatic rings. The predicted molar refractivity (Wildman–Crippen MR) is 122 cm³/mol. The number of ether oxygens (including phenoxy) is 1. The van der Waals surface area contributed by atoms with E-state index in [1.165, 1.54) is 0 Å². The Morgan fingerprint density at radius 3 is 2.50 bits per heavy atom. The monoisotopic (exact) mass is 432 g/mol. The Kier molecular flexibility index (Phi) is 4.91. The van der Waals surface area contributed by atoms with Gasteiger partial charge in [0.1, 0.15) is 16.5 Å². The standard InChI is InChI=1S/C24H17ClN2O2S/c25-21-13-17(23-26-10-11-30-23)12-18-15-27(24(28)22(18)21)14-16-6-8-20(9-7-16)29-19-4-2-1-3-5-19/h1-13,15,28H,14H2. The fraction of sp³-hybridized carbons (Fsp3) is 0.0417. The Bertz CT molecular complexity index is 1300. The van der Waals surface area contributed by atoms with E-state index < -0.39 is 0 Å². The molecule has 2 heterocycles. The van der Waals surface area contributed by atoms with Crippen LogP contribution >= 0.6 is 22.9 Å². The summed E-state index contributed by atoms with van der Waals surface area (Å²) in [5, 5.41) is 15.6. The summed E-state index contributed by atoms with van der Waals surface area (Å²) < 4.78 is 7.64. The lowest BCUT2D eigenvalue weighted by molar-refractivity contribution is 0.430. The maximum absolute atomic E-state index is 10.7. The molecule has 30 heavy (non-hydrogen) atoms. The van der Waals surface area contributed by atoms with Crippen molar-refractivity contribution in [2.75, 3.05) is 0 Å². The number of thiazole rings is 1. The zero-order valence-electron chi connectivity index (χ0n) is 15.8. The van der Waals surface area contributed by atoms with Crippen LogP contribution in [0.15, 0.2) is 84.5 Å². The maximum Gasteiger partial charge on any atom is 0.200 e. The van der Waals surface area contributed by atoms with Crippen molar-refractivity contribution in [3.63, 3.8) is 0 Å². The van der Waals surface area contributed by atoms with E-state index in [2.05, 4.69) is 4.98 Å². The Labute approximate surface area is 182 Å². The largest absolute Gasteiger partial charge is 0.494 e. The minimum absolute atomic E-state index is 0.158. The first-order valence-corrected chi connectivity index (χ1v) is 10.7. The van der Waals surface area contributed by atoms with E-state index in [4.69, 9.17) is 16.3 Å². The fourth-order valence-corrected chi connectivity index (χ4v) is 4.37. The van der Waals surface area contributed by atoms with Gasteiger partial charge in [-0.2, -0.15) is 0 Å². The molecule has 0 radical (unpaired) electrons. The summed E-state index contributed by atoms with van der Waals surface area (Å²) in [5.74, 6) is 1.72. The van der Waals surface area contributed by atoms with Gasteiger partial charge in [0.2, 0.25) is 5.88 Å².